The highest BCUT2D eigenvalue weighted by Crippen LogP contribution is 2.19. The fraction of sp³-hybridized carbons (Fsp3) is 0.0769. The summed E-state index contributed by atoms with van der Waals surface area (Å²) in [7, 11) is 0. The van der Waals surface area contributed by atoms with Gasteiger partial charge in [-0.3, -0.25) is 4.98 Å². The molecule has 0 fully saturated rings. The topological polar surface area (TPSA) is 59.4 Å². The number of aromatic nitrogens is 1. The van der Waals surface area contributed by atoms with Crippen LogP contribution in [0.4, 0.5) is 4.39 Å². The van der Waals surface area contributed by atoms with Gasteiger partial charge < -0.3 is 9.84 Å². The van der Waals surface area contributed by atoms with E-state index in [0.29, 0.717) is 5.56 Å². The van der Waals surface area contributed by atoms with Gasteiger partial charge in [-0.05, 0) is 18.2 Å². The van der Waals surface area contributed by atoms with Crippen LogP contribution in [0.2, 0.25) is 0 Å². The number of hydrogen-bond acceptors (Lipinski definition) is 3. The Bertz CT molecular complexity index is 572. The minimum absolute atomic E-state index is 0.0645. The lowest BCUT2D eigenvalue weighted by atomic mass is 10.2. The van der Waals surface area contributed by atoms with Crippen LogP contribution in [0.3, 0.4) is 0 Å². The van der Waals surface area contributed by atoms with Gasteiger partial charge in [0, 0.05) is 11.8 Å². The van der Waals surface area contributed by atoms with Gasteiger partial charge in [-0.1, -0.05) is 12.1 Å². The number of pyridine rings is 1. The van der Waals surface area contributed by atoms with Crippen LogP contribution >= 0.6 is 0 Å². The molecule has 0 saturated carbocycles. The lowest BCUT2D eigenvalue weighted by molar-refractivity contribution is 0.0691. The SMILES string of the molecule is O=C(O)c1ccccc1OCc1cncc(F)c1. The fourth-order valence-electron chi connectivity index (χ4n) is 1.47. The van der Waals surface area contributed by atoms with Crippen molar-refractivity contribution in [2.24, 2.45) is 0 Å². The first kappa shape index (κ1) is 12.0. The third kappa shape index (κ3) is 2.82. The molecule has 1 N–H and O–H groups in total. The zero-order valence-corrected chi connectivity index (χ0v) is 9.34. The summed E-state index contributed by atoms with van der Waals surface area (Å²) in [6.07, 6.45) is 2.56. The number of para-hydroxylation sites is 1. The molecule has 0 bridgehead atoms. The van der Waals surface area contributed by atoms with Gasteiger partial charge in [0.25, 0.3) is 0 Å². The van der Waals surface area contributed by atoms with Gasteiger partial charge in [0.15, 0.2) is 0 Å². The summed E-state index contributed by atoms with van der Waals surface area (Å²) in [6.45, 7) is 0.0645. The Morgan fingerprint density at radius 2 is 2.11 bits per heavy atom. The van der Waals surface area contributed by atoms with E-state index < -0.39 is 11.8 Å². The number of ether oxygens (including phenoxy) is 1. The predicted molar refractivity (Wildman–Crippen MR) is 61.9 cm³/mol. The summed E-state index contributed by atoms with van der Waals surface area (Å²) < 4.78 is 18.2. The Balaban J connectivity index is 2.13. The van der Waals surface area contributed by atoms with Crippen LogP contribution in [0.5, 0.6) is 5.75 Å². The van der Waals surface area contributed by atoms with E-state index in [-0.39, 0.29) is 17.9 Å². The largest absolute Gasteiger partial charge is 0.488 e. The Labute approximate surface area is 103 Å². The Morgan fingerprint density at radius 1 is 1.33 bits per heavy atom. The summed E-state index contributed by atoms with van der Waals surface area (Å²) in [5.41, 5.74) is 0.608. The number of carboxylic acids is 1. The second-order valence-corrected chi connectivity index (χ2v) is 3.60. The predicted octanol–water partition coefficient (Wildman–Crippen LogP) is 2.50. The molecule has 1 aromatic carbocycles. The molecule has 0 amide bonds. The Morgan fingerprint density at radius 3 is 2.83 bits per heavy atom. The van der Waals surface area contributed by atoms with Crippen molar-refractivity contribution in [3.05, 3.63) is 59.7 Å². The monoisotopic (exact) mass is 247 g/mol. The van der Waals surface area contributed by atoms with E-state index in [1.165, 1.54) is 18.3 Å². The zero-order chi connectivity index (χ0) is 13.0. The van der Waals surface area contributed by atoms with Crippen molar-refractivity contribution < 1.29 is 19.0 Å². The van der Waals surface area contributed by atoms with Crippen LogP contribution in [0.15, 0.2) is 42.7 Å². The number of rotatable bonds is 4. The highest BCUT2D eigenvalue weighted by Gasteiger charge is 2.10. The maximum Gasteiger partial charge on any atom is 0.339 e. The van der Waals surface area contributed by atoms with Crippen molar-refractivity contribution in [2.45, 2.75) is 6.61 Å². The van der Waals surface area contributed by atoms with Gasteiger partial charge in [0.1, 0.15) is 23.7 Å². The number of carbonyl (C=O) groups is 1. The molecule has 0 spiro atoms. The zero-order valence-electron chi connectivity index (χ0n) is 9.34. The van der Waals surface area contributed by atoms with Crippen LogP contribution in [0.25, 0.3) is 0 Å². The summed E-state index contributed by atoms with van der Waals surface area (Å²) in [4.78, 5) is 14.6. The molecule has 0 saturated heterocycles. The number of halogens is 1. The number of hydrogen-bond donors (Lipinski definition) is 1. The van der Waals surface area contributed by atoms with Crippen LogP contribution < -0.4 is 4.74 Å². The minimum atomic E-state index is -1.07. The molecule has 0 aliphatic heterocycles. The summed E-state index contributed by atoms with van der Waals surface area (Å²) in [5.74, 6) is -1.28. The number of nitrogens with zero attached hydrogens (tertiary/aromatic N) is 1. The summed E-state index contributed by atoms with van der Waals surface area (Å²) >= 11 is 0. The highest BCUT2D eigenvalue weighted by atomic mass is 19.1. The lowest BCUT2D eigenvalue weighted by Gasteiger charge is -2.08. The van der Waals surface area contributed by atoms with E-state index in [0.717, 1.165) is 6.20 Å². The second kappa shape index (κ2) is 5.27. The molecule has 2 aromatic rings. The van der Waals surface area contributed by atoms with Crippen molar-refractivity contribution in [1.82, 2.24) is 4.98 Å². The average Bonchev–Trinajstić information content (AvgIpc) is 2.37. The Hall–Kier alpha value is -2.43. The van der Waals surface area contributed by atoms with Crippen molar-refractivity contribution in [3.8, 4) is 5.75 Å². The molecule has 2 rings (SSSR count). The summed E-state index contributed by atoms with van der Waals surface area (Å²) in [6, 6.07) is 7.57. The van der Waals surface area contributed by atoms with Gasteiger partial charge in [-0.2, -0.15) is 0 Å². The van der Waals surface area contributed by atoms with Gasteiger partial charge in [0.2, 0.25) is 0 Å². The van der Waals surface area contributed by atoms with Crippen LogP contribution in [0.1, 0.15) is 15.9 Å². The van der Waals surface area contributed by atoms with E-state index >= 15 is 0 Å². The van der Waals surface area contributed by atoms with Crippen molar-refractivity contribution in [1.29, 1.82) is 0 Å². The summed E-state index contributed by atoms with van der Waals surface area (Å²) in [5, 5.41) is 8.95. The second-order valence-electron chi connectivity index (χ2n) is 3.60. The molecule has 0 aliphatic rings. The molecule has 1 aromatic heterocycles. The third-order valence-electron chi connectivity index (χ3n) is 2.27. The molecule has 0 aliphatic carbocycles. The first-order valence-electron chi connectivity index (χ1n) is 5.21. The molecule has 18 heavy (non-hydrogen) atoms. The molecule has 1 heterocycles. The fourth-order valence-corrected chi connectivity index (χ4v) is 1.47. The van der Waals surface area contributed by atoms with E-state index in [9.17, 15) is 9.18 Å². The van der Waals surface area contributed by atoms with Crippen LogP contribution in [0, 0.1) is 5.82 Å². The maximum atomic E-state index is 12.9. The first-order valence-corrected chi connectivity index (χ1v) is 5.21. The Kier molecular flexibility index (Phi) is 3.52. The average molecular weight is 247 g/mol. The lowest BCUT2D eigenvalue weighted by Crippen LogP contribution is -2.03. The maximum absolute atomic E-state index is 12.9. The smallest absolute Gasteiger partial charge is 0.339 e. The third-order valence-corrected chi connectivity index (χ3v) is 2.27. The molecular formula is C13H10FNO3. The first-order chi connectivity index (χ1) is 8.66. The molecule has 0 atom stereocenters. The van der Waals surface area contributed by atoms with Gasteiger partial charge in [-0.25, -0.2) is 9.18 Å². The molecular weight excluding hydrogens is 237 g/mol. The van der Waals surface area contributed by atoms with E-state index in [4.69, 9.17) is 9.84 Å². The molecule has 0 unspecified atom stereocenters. The van der Waals surface area contributed by atoms with Crippen LogP contribution in [-0.4, -0.2) is 16.1 Å². The minimum Gasteiger partial charge on any atom is -0.488 e. The number of carboxylic acid groups (broad SMARTS) is 1. The van der Waals surface area contributed by atoms with Gasteiger partial charge in [-0.15, -0.1) is 0 Å². The van der Waals surface area contributed by atoms with E-state index in [1.54, 1.807) is 18.2 Å². The van der Waals surface area contributed by atoms with E-state index in [2.05, 4.69) is 4.98 Å². The number of aromatic carboxylic acids is 1. The standard InChI is InChI=1S/C13H10FNO3/c14-10-5-9(6-15-7-10)8-18-12-4-2-1-3-11(12)13(16)17/h1-7H,8H2,(H,16,17). The normalized spacial score (nSPS) is 10.1. The quantitative estimate of drug-likeness (QED) is 0.901. The molecule has 5 heteroatoms. The van der Waals surface area contributed by atoms with Crippen LogP contribution in [-0.2, 0) is 6.61 Å². The molecule has 0 radical (unpaired) electrons. The van der Waals surface area contributed by atoms with Crippen molar-refractivity contribution in [2.75, 3.05) is 0 Å². The molecule has 4 nitrogen and oxygen atoms in total. The number of benzene rings is 1. The van der Waals surface area contributed by atoms with Gasteiger partial charge >= 0.3 is 5.97 Å². The highest BCUT2D eigenvalue weighted by molar-refractivity contribution is 5.90. The molecule has 92 valence electrons. The van der Waals surface area contributed by atoms with Crippen molar-refractivity contribution in [3.63, 3.8) is 0 Å². The van der Waals surface area contributed by atoms with E-state index in [1.807, 2.05) is 0 Å². The van der Waals surface area contributed by atoms with Gasteiger partial charge in [0.05, 0.1) is 6.20 Å². The van der Waals surface area contributed by atoms with Crippen molar-refractivity contribution >= 4 is 5.97 Å².